The molecule has 1 aliphatic rings. The zero-order valence-corrected chi connectivity index (χ0v) is 5.67. The van der Waals surface area contributed by atoms with Crippen LogP contribution in [0.25, 0.3) is 0 Å². The van der Waals surface area contributed by atoms with E-state index in [0.29, 0.717) is 0 Å². The zero-order chi connectivity index (χ0) is 6.91. The Labute approximate surface area is 53.1 Å². The molecule has 1 radical (unpaired) electrons. The third-order valence-electron chi connectivity index (χ3n) is 1.04. The van der Waals surface area contributed by atoms with E-state index in [0.717, 1.165) is 18.8 Å². The van der Waals surface area contributed by atoms with Crippen molar-refractivity contribution in [2.75, 3.05) is 6.61 Å². The fraction of sp³-hybridized carbons (Fsp3) is 0.750. The minimum absolute atomic E-state index is 0.129. The molecule has 9 heavy (non-hydrogen) atoms. The average molecular weight is 151 g/mol. The summed E-state index contributed by atoms with van der Waals surface area (Å²) >= 11 is 0. The Bertz CT molecular complexity index is 136. The lowest BCUT2D eigenvalue weighted by atomic mass is 10.5. The van der Waals surface area contributed by atoms with Crippen molar-refractivity contribution in [3.63, 3.8) is 0 Å². The minimum Gasteiger partial charge on any atom is -0.303 e. The van der Waals surface area contributed by atoms with E-state index in [2.05, 4.69) is 4.52 Å². The lowest BCUT2D eigenvalue weighted by Gasteiger charge is -2.01. The van der Waals surface area contributed by atoms with Crippen LogP contribution in [-0.4, -0.2) is 16.4 Å². The first-order chi connectivity index (χ1) is 4.08. The molecule has 5 heteroatoms. The van der Waals surface area contributed by atoms with Crippen LogP contribution >= 0.6 is 7.82 Å². The molecule has 2 N–H and O–H groups in total. The Morgan fingerprint density at radius 2 is 2.11 bits per heavy atom. The molecule has 0 aromatic heterocycles. The van der Waals surface area contributed by atoms with Gasteiger partial charge in [-0.25, -0.2) is 4.57 Å². The monoisotopic (exact) mass is 151 g/mol. The Hall–Kier alpha value is 0.110. The summed E-state index contributed by atoms with van der Waals surface area (Å²) in [5, 5.41) is 0. The maximum Gasteiger partial charge on any atom is 0.469 e. The second-order valence-corrected chi connectivity index (χ2v) is 3.25. The summed E-state index contributed by atoms with van der Waals surface area (Å²) in [5.41, 5.74) is 0. The molecular formula is C4H8O4P. The molecule has 0 aromatic rings. The van der Waals surface area contributed by atoms with Gasteiger partial charge in [-0.15, -0.1) is 0 Å². The van der Waals surface area contributed by atoms with Gasteiger partial charge in [-0.1, -0.05) is 0 Å². The van der Waals surface area contributed by atoms with Gasteiger partial charge in [-0.3, -0.25) is 4.52 Å². The molecule has 0 unspecified atom stereocenters. The molecule has 0 saturated heterocycles. The van der Waals surface area contributed by atoms with Crippen LogP contribution < -0.4 is 0 Å². The van der Waals surface area contributed by atoms with Crippen LogP contribution in [0.1, 0.15) is 12.8 Å². The Kier molecular flexibility index (Phi) is 1.91. The molecule has 0 amide bonds. The molecular weight excluding hydrogens is 143 g/mol. The lowest BCUT2D eigenvalue weighted by Crippen LogP contribution is -1.91. The summed E-state index contributed by atoms with van der Waals surface area (Å²) < 4.78 is 14.2. The second kappa shape index (κ2) is 2.39. The van der Waals surface area contributed by atoms with Crippen LogP contribution in [0.5, 0.6) is 0 Å². The first kappa shape index (κ1) is 7.22. The van der Waals surface area contributed by atoms with Gasteiger partial charge >= 0.3 is 7.82 Å². The molecule has 0 aliphatic heterocycles. The lowest BCUT2D eigenvalue weighted by molar-refractivity contribution is 0.208. The summed E-state index contributed by atoms with van der Waals surface area (Å²) in [6, 6.07) is 0. The summed E-state index contributed by atoms with van der Waals surface area (Å²) in [6.45, 7) is 0.129. The van der Waals surface area contributed by atoms with E-state index in [9.17, 15) is 4.57 Å². The Morgan fingerprint density at radius 3 is 2.44 bits per heavy atom. The predicted octanol–water partition coefficient (Wildman–Crippen LogP) is 0.464. The number of phosphoric acid groups is 1. The Morgan fingerprint density at radius 1 is 1.56 bits per heavy atom. The molecule has 4 nitrogen and oxygen atoms in total. The molecule has 1 saturated carbocycles. The maximum absolute atomic E-state index is 10.0. The topological polar surface area (TPSA) is 66.8 Å². The van der Waals surface area contributed by atoms with Gasteiger partial charge in [-0.2, -0.15) is 0 Å². The summed E-state index contributed by atoms with van der Waals surface area (Å²) in [4.78, 5) is 16.3. The van der Waals surface area contributed by atoms with E-state index < -0.39 is 7.82 Å². The van der Waals surface area contributed by atoms with E-state index in [1.807, 2.05) is 0 Å². The molecule has 0 atom stereocenters. The van der Waals surface area contributed by atoms with Crippen molar-refractivity contribution in [2.24, 2.45) is 0 Å². The maximum atomic E-state index is 10.0. The molecule has 0 bridgehead atoms. The highest BCUT2D eigenvalue weighted by Crippen LogP contribution is 2.41. The number of phosphoric ester groups is 1. The van der Waals surface area contributed by atoms with Crippen LogP contribution in [0, 0.1) is 5.92 Å². The average Bonchev–Trinajstić information content (AvgIpc) is 2.38. The smallest absolute Gasteiger partial charge is 0.303 e. The quantitative estimate of drug-likeness (QED) is 0.575. The third kappa shape index (κ3) is 3.65. The van der Waals surface area contributed by atoms with E-state index in [1.165, 1.54) is 0 Å². The fourth-order valence-corrected chi connectivity index (χ4v) is 0.759. The van der Waals surface area contributed by atoms with Gasteiger partial charge in [0.2, 0.25) is 0 Å². The highest BCUT2D eigenvalue weighted by molar-refractivity contribution is 7.46. The largest absolute Gasteiger partial charge is 0.469 e. The number of hydrogen-bond donors (Lipinski definition) is 2. The van der Waals surface area contributed by atoms with Crippen molar-refractivity contribution in [1.29, 1.82) is 0 Å². The van der Waals surface area contributed by atoms with Crippen LogP contribution in [0.4, 0.5) is 0 Å². The van der Waals surface area contributed by atoms with E-state index in [-0.39, 0.29) is 6.61 Å². The van der Waals surface area contributed by atoms with E-state index in [4.69, 9.17) is 9.79 Å². The van der Waals surface area contributed by atoms with Gasteiger partial charge < -0.3 is 9.79 Å². The van der Waals surface area contributed by atoms with Crippen molar-refractivity contribution in [2.45, 2.75) is 12.8 Å². The van der Waals surface area contributed by atoms with Crippen molar-refractivity contribution in [1.82, 2.24) is 0 Å². The van der Waals surface area contributed by atoms with Crippen molar-refractivity contribution < 1.29 is 18.9 Å². The molecule has 0 spiro atoms. The van der Waals surface area contributed by atoms with E-state index >= 15 is 0 Å². The third-order valence-corrected chi connectivity index (χ3v) is 1.51. The summed E-state index contributed by atoms with van der Waals surface area (Å²) in [7, 11) is -4.20. The van der Waals surface area contributed by atoms with Gasteiger partial charge in [0.05, 0.1) is 6.61 Å². The predicted molar refractivity (Wildman–Crippen MR) is 30.5 cm³/mol. The van der Waals surface area contributed by atoms with Gasteiger partial charge in [0.25, 0.3) is 0 Å². The van der Waals surface area contributed by atoms with E-state index in [1.54, 1.807) is 0 Å². The number of rotatable bonds is 3. The first-order valence-electron chi connectivity index (χ1n) is 2.61. The molecule has 1 aliphatic carbocycles. The van der Waals surface area contributed by atoms with Crippen LogP contribution in [0.3, 0.4) is 0 Å². The fourth-order valence-electron chi connectivity index (χ4n) is 0.408. The number of hydrogen-bond acceptors (Lipinski definition) is 2. The zero-order valence-electron chi connectivity index (χ0n) is 4.78. The minimum atomic E-state index is -4.20. The van der Waals surface area contributed by atoms with Gasteiger partial charge in [0.15, 0.2) is 0 Å². The Balaban J connectivity index is 2.10. The molecule has 53 valence electrons. The summed E-state index contributed by atoms with van der Waals surface area (Å²) in [5.74, 6) is 1.08. The highest BCUT2D eigenvalue weighted by Gasteiger charge is 2.26. The normalized spacial score (nSPS) is 20.2. The van der Waals surface area contributed by atoms with Crippen LogP contribution in [-0.2, 0) is 9.09 Å². The molecule has 0 aromatic carbocycles. The second-order valence-electron chi connectivity index (χ2n) is 2.01. The SMILES string of the molecule is O=P(O)(O)OC[C]1CC1. The van der Waals surface area contributed by atoms with Gasteiger partial charge in [0.1, 0.15) is 0 Å². The van der Waals surface area contributed by atoms with Crippen molar-refractivity contribution >= 4 is 7.82 Å². The standard InChI is InChI=1S/C4H8O4P/c5-9(6,7)8-3-4-1-2-4/h1-3H2,(H2,5,6,7). The van der Waals surface area contributed by atoms with Crippen molar-refractivity contribution in [3.05, 3.63) is 5.92 Å². The van der Waals surface area contributed by atoms with Gasteiger partial charge in [0, 0.05) is 5.92 Å². The van der Waals surface area contributed by atoms with Crippen molar-refractivity contribution in [3.8, 4) is 0 Å². The van der Waals surface area contributed by atoms with Crippen LogP contribution in [0.2, 0.25) is 0 Å². The molecule has 1 fully saturated rings. The molecule has 0 heterocycles. The molecule has 1 rings (SSSR count). The summed E-state index contributed by atoms with van der Waals surface area (Å²) in [6.07, 6.45) is 1.92. The first-order valence-corrected chi connectivity index (χ1v) is 4.14. The van der Waals surface area contributed by atoms with Gasteiger partial charge in [-0.05, 0) is 12.8 Å². The van der Waals surface area contributed by atoms with Crippen LogP contribution in [0.15, 0.2) is 0 Å². The highest BCUT2D eigenvalue weighted by atomic mass is 31.2.